The van der Waals surface area contributed by atoms with Crippen molar-refractivity contribution in [2.24, 2.45) is 0 Å². The van der Waals surface area contributed by atoms with Crippen molar-refractivity contribution in [2.75, 3.05) is 5.32 Å². The molecule has 0 atom stereocenters. The highest BCUT2D eigenvalue weighted by molar-refractivity contribution is 7.14. The van der Waals surface area contributed by atoms with Crippen molar-refractivity contribution in [3.8, 4) is 10.6 Å². The van der Waals surface area contributed by atoms with Gasteiger partial charge in [0.15, 0.2) is 0 Å². The van der Waals surface area contributed by atoms with Gasteiger partial charge in [0.25, 0.3) is 0 Å². The van der Waals surface area contributed by atoms with Gasteiger partial charge in [-0.25, -0.2) is 4.79 Å². The van der Waals surface area contributed by atoms with Crippen molar-refractivity contribution < 1.29 is 4.79 Å². The number of nitrogens with zero attached hydrogens (tertiary/aromatic N) is 2. The van der Waals surface area contributed by atoms with Crippen molar-refractivity contribution in [3.63, 3.8) is 0 Å². The van der Waals surface area contributed by atoms with Crippen LogP contribution in [0.15, 0.2) is 54.0 Å². The molecule has 0 spiro atoms. The lowest BCUT2D eigenvalue weighted by Crippen LogP contribution is -2.21. The van der Waals surface area contributed by atoms with Gasteiger partial charge in [0.2, 0.25) is 0 Å². The van der Waals surface area contributed by atoms with Gasteiger partial charge in [0.1, 0.15) is 0 Å². The number of benzene rings is 1. The third-order valence-electron chi connectivity index (χ3n) is 2.71. The van der Waals surface area contributed by atoms with E-state index in [-0.39, 0.29) is 6.03 Å². The van der Waals surface area contributed by atoms with Crippen LogP contribution in [0.5, 0.6) is 0 Å². The second-order valence-electron chi connectivity index (χ2n) is 4.02. The number of rotatable bonds is 2. The molecular weight excluding hydrogens is 294 g/mol. The Morgan fingerprint density at radius 1 is 1.20 bits per heavy atom. The SMILES string of the molecule is O=C(Nc1ccccc1)n1nccc1-c1sccc1Cl. The number of hydrogen-bond donors (Lipinski definition) is 1. The number of anilines is 1. The molecule has 0 aliphatic rings. The Kier molecular flexibility index (Phi) is 3.54. The highest BCUT2D eigenvalue weighted by atomic mass is 35.5. The van der Waals surface area contributed by atoms with Crippen molar-refractivity contribution >= 4 is 34.7 Å². The van der Waals surface area contributed by atoms with Gasteiger partial charge in [-0.15, -0.1) is 11.3 Å². The summed E-state index contributed by atoms with van der Waals surface area (Å²) < 4.78 is 1.31. The van der Waals surface area contributed by atoms with E-state index in [9.17, 15) is 4.79 Å². The smallest absolute Gasteiger partial charge is 0.306 e. The fourth-order valence-corrected chi connectivity index (χ4v) is 2.98. The zero-order chi connectivity index (χ0) is 13.9. The fourth-order valence-electron chi connectivity index (χ4n) is 1.81. The van der Waals surface area contributed by atoms with E-state index in [0.29, 0.717) is 10.7 Å². The van der Waals surface area contributed by atoms with Crippen LogP contribution >= 0.6 is 22.9 Å². The van der Waals surface area contributed by atoms with E-state index in [2.05, 4.69) is 10.4 Å². The minimum atomic E-state index is -0.319. The molecular formula is C14H10ClN3OS. The standard InChI is InChI=1S/C14H10ClN3OS/c15-11-7-9-20-13(11)12-6-8-16-18(12)14(19)17-10-4-2-1-3-5-10/h1-9H,(H,17,19). The van der Waals surface area contributed by atoms with Crippen LogP contribution in [0.25, 0.3) is 10.6 Å². The van der Waals surface area contributed by atoms with Crippen LogP contribution in [0, 0.1) is 0 Å². The van der Waals surface area contributed by atoms with Gasteiger partial charge < -0.3 is 5.32 Å². The zero-order valence-electron chi connectivity index (χ0n) is 10.3. The van der Waals surface area contributed by atoms with E-state index in [1.165, 1.54) is 16.0 Å². The molecule has 3 rings (SSSR count). The maximum Gasteiger partial charge on any atom is 0.347 e. The van der Waals surface area contributed by atoms with E-state index in [1.54, 1.807) is 18.3 Å². The molecule has 0 saturated carbocycles. The average molecular weight is 304 g/mol. The molecule has 0 fully saturated rings. The van der Waals surface area contributed by atoms with Gasteiger partial charge in [-0.3, -0.25) is 0 Å². The molecule has 20 heavy (non-hydrogen) atoms. The number of carbonyl (C=O) groups excluding carboxylic acids is 1. The number of carbonyl (C=O) groups is 1. The predicted molar refractivity (Wildman–Crippen MR) is 81.4 cm³/mol. The van der Waals surface area contributed by atoms with Gasteiger partial charge in [-0.05, 0) is 29.6 Å². The molecule has 4 nitrogen and oxygen atoms in total. The number of aromatic nitrogens is 2. The first kappa shape index (κ1) is 12.9. The zero-order valence-corrected chi connectivity index (χ0v) is 11.9. The number of nitrogens with one attached hydrogen (secondary N) is 1. The monoisotopic (exact) mass is 303 g/mol. The number of amides is 1. The van der Waals surface area contributed by atoms with Gasteiger partial charge in [-0.1, -0.05) is 29.8 Å². The molecule has 2 heterocycles. The first-order valence-corrected chi connectivity index (χ1v) is 7.15. The third kappa shape index (κ3) is 2.45. The summed E-state index contributed by atoms with van der Waals surface area (Å²) >= 11 is 7.58. The summed E-state index contributed by atoms with van der Waals surface area (Å²) in [6, 6.07) is 12.5. The molecule has 0 unspecified atom stereocenters. The number of thiophene rings is 1. The lowest BCUT2D eigenvalue weighted by Gasteiger charge is -2.07. The van der Waals surface area contributed by atoms with Crippen LogP contribution in [-0.2, 0) is 0 Å². The quantitative estimate of drug-likeness (QED) is 0.765. The second-order valence-corrected chi connectivity index (χ2v) is 5.35. The van der Waals surface area contributed by atoms with Crippen LogP contribution in [0.1, 0.15) is 0 Å². The largest absolute Gasteiger partial charge is 0.347 e. The molecule has 1 aromatic carbocycles. The lowest BCUT2D eigenvalue weighted by atomic mass is 10.3. The summed E-state index contributed by atoms with van der Waals surface area (Å²) in [4.78, 5) is 13.1. The fraction of sp³-hybridized carbons (Fsp3) is 0. The molecule has 0 aliphatic heterocycles. The Morgan fingerprint density at radius 3 is 2.70 bits per heavy atom. The van der Waals surface area contributed by atoms with Gasteiger partial charge in [0.05, 0.1) is 21.8 Å². The summed E-state index contributed by atoms with van der Waals surface area (Å²) in [5.41, 5.74) is 1.40. The molecule has 100 valence electrons. The van der Waals surface area contributed by atoms with Gasteiger partial charge in [-0.2, -0.15) is 9.78 Å². The highest BCUT2D eigenvalue weighted by Gasteiger charge is 2.15. The summed E-state index contributed by atoms with van der Waals surface area (Å²) in [6.45, 7) is 0. The van der Waals surface area contributed by atoms with Crippen molar-refractivity contribution in [2.45, 2.75) is 0 Å². The maximum absolute atomic E-state index is 12.3. The number of halogens is 1. The van der Waals surface area contributed by atoms with E-state index < -0.39 is 0 Å². The Bertz CT molecular complexity index is 736. The minimum absolute atomic E-state index is 0.319. The average Bonchev–Trinajstić information content (AvgIpc) is 3.07. The Balaban J connectivity index is 1.90. The summed E-state index contributed by atoms with van der Waals surface area (Å²) in [5.74, 6) is 0. The maximum atomic E-state index is 12.3. The second kappa shape index (κ2) is 5.48. The molecule has 2 aromatic heterocycles. The van der Waals surface area contributed by atoms with Crippen molar-refractivity contribution in [3.05, 3.63) is 59.1 Å². The molecule has 0 radical (unpaired) electrons. The molecule has 0 aliphatic carbocycles. The van der Waals surface area contributed by atoms with E-state index >= 15 is 0 Å². The van der Waals surface area contributed by atoms with Crippen molar-refractivity contribution in [1.82, 2.24) is 9.78 Å². The third-order valence-corrected chi connectivity index (χ3v) is 4.07. The topological polar surface area (TPSA) is 46.9 Å². The lowest BCUT2D eigenvalue weighted by molar-refractivity contribution is 0.251. The van der Waals surface area contributed by atoms with E-state index in [4.69, 9.17) is 11.6 Å². The minimum Gasteiger partial charge on any atom is -0.306 e. The normalized spacial score (nSPS) is 10.4. The molecule has 1 amide bonds. The predicted octanol–water partition coefficient (Wildman–Crippen LogP) is 4.35. The van der Waals surface area contributed by atoms with Gasteiger partial charge in [0, 0.05) is 5.69 Å². The van der Waals surface area contributed by atoms with Crippen LogP contribution in [0.2, 0.25) is 5.02 Å². The summed E-state index contributed by atoms with van der Waals surface area (Å²) in [5, 5.41) is 9.35. The Morgan fingerprint density at radius 2 is 2.00 bits per heavy atom. The molecule has 6 heteroatoms. The van der Waals surface area contributed by atoms with Crippen LogP contribution < -0.4 is 5.32 Å². The van der Waals surface area contributed by atoms with Crippen LogP contribution in [0.3, 0.4) is 0 Å². The van der Waals surface area contributed by atoms with Crippen LogP contribution in [-0.4, -0.2) is 15.8 Å². The molecule has 1 N–H and O–H groups in total. The Hall–Kier alpha value is -2.11. The Labute approximate surface area is 124 Å². The van der Waals surface area contributed by atoms with E-state index in [1.807, 2.05) is 35.7 Å². The van der Waals surface area contributed by atoms with Crippen molar-refractivity contribution in [1.29, 1.82) is 0 Å². The van der Waals surface area contributed by atoms with E-state index in [0.717, 1.165) is 10.6 Å². The molecule has 0 bridgehead atoms. The van der Waals surface area contributed by atoms with Gasteiger partial charge >= 0.3 is 6.03 Å². The first-order valence-electron chi connectivity index (χ1n) is 5.89. The first-order chi connectivity index (χ1) is 9.75. The molecule has 0 saturated heterocycles. The van der Waals surface area contributed by atoms with Crippen LogP contribution in [0.4, 0.5) is 10.5 Å². The number of hydrogen-bond acceptors (Lipinski definition) is 3. The number of para-hydroxylation sites is 1. The highest BCUT2D eigenvalue weighted by Crippen LogP contribution is 2.32. The molecule has 3 aromatic rings. The summed E-state index contributed by atoms with van der Waals surface area (Å²) in [6.07, 6.45) is 1.58. The summed E-state index contributed by atoms with van der Waals surface area (Å²) in [7, 11) is 0.